The van der Waals surface area contributed by atoms with Crippen LogP contribution in [0.5, 0.6) is 0 Å². The molecule has 0 heterocycles. The van der Waals surface area contributed by atoms with Crippen molar-refractivity contribution in [3.8, 4) is 0 Å². The molecule has 0 aliphatic rings. The summed E-state index contributed by atoms with van der Waals surface area (Å²) in [6.45, 7) is 3.58. The normalized spacial score (nSPS) is 12.9. The van der Waals surface area contributed by atoms with Gasteiger partial charge in [0.1, 0.15) is 5.82 Å². The molecule has 0 saturated heterocycles. The average molecular weight is 249 g/mol. The number of hydrogen-bond acceptors (Lipinski definition) is 1. The van der Waals surface area contributed by atoms with Gasteiger partial charge >= 0.3 is 6.18 Å². The molecule has 17 heavy (non-hydrogen) atoms. The van der Waals surface area contributed by atoms with Crippen LogP contribution in [0.15, 0.2) is 18.2 Å². The summed E-state index contributed by atoms with van der Waals surface area (Å²) in [5.41, 5.74) is 4.21. The van der Waals surface area contributed by atoms with Crippen LogP contribution in [0.4, 0.5) is 17.6 Å². The number of benzene rings is 1. The van der Waals surface area contributed by atoms with Crippen LogP contribution < -0.4 is 5.73 Å². The minimum atomic E-state index is -4.69. The average Bonchev–Trinajstić information content (AvgIpc) is 2.27. The number of hydrogen-bond donors (Lipinski definition) is 1. The van der Waals surface area contributed by atoms with Crippen molar-refractivity contribution < 1.29 is 17.6 Å². The molecule has 96 valence electrons. The lowest BCUT2D eigenvalue weighted by atomic mass is 9.85. The first-order chi connectivity index (χ1) is 7.74. The Morgan fingerprint density at radius 3 is 2.06 bits per heavy atom. The minimum Gasteiger partial charge on any atom is -0.321 e. The van der Waals surface area contributed by atoms with Crippen molar-refractivity contribution in [2.24, 2.45) is 5.73 Å². The Hall–Kier alpha value is -1.10. The van der Waals surface area contributed by atoms with Gasteiger partial charge in [0.05, 0.1) is 5.56 Å². The quantitative estimate of drug-likeness (QED) is 0.810. The molecule has 0 aliphatic heterocycles. The molecule has 0 aliphatic carbocycles. The zero-order chi connectivity index (χ0) is 13.3. The van der Waals surface area contributed by atoms with Crippen LogP contribution >= 0.6 is 0 Å². The first-order valence-corrected chi connectivity index (χ1v) is 5.40. The first-order valence-electron chi connectivity index (χ1n) is 5.40. The third-order valence-electron chi connectivity index (χ3n) is 3.11. The van der Waals surface area contributed by atoms with Crippen molar-refractivity contribution in [3.05, 3.63) is 35.1 Å². The molecule has 0 amide bonds. The van der Waals surface area contributed by atoms with Gasteiger partial charge in [-0.15, -0.1) is 0 Å². The van der Waals surface area contributed by atoms with Crippen LogP contribution in [0.1, 0.15) is 37.8 Å². The van der Waals surface area contributed by atoms with Crippen LogP contribution in [0.25, 0.3) is 0 Å². The molecule has 0 unspecified atom stereocenters. The Labute approximate surface area is 97.6 Å². The maximum absolute atomic E-state index is 13.1. The first kappa shape index (κ1) is 14.0. The van der Waals surface area contributed by atoms with Crippen LogP contribution in [-0.4, -0.2) is 0 Å². The smallest absolute Gasteiger partial charge is 0.321 e. The van der Waals surface area contributed by atoms with E-state index in [9.17, 15) is 17.6 Å². The van der Waals surface area contributed by atoms with Crippen molar-refractivity contribution in [1.82, 2.24) is 0 Å². The summed E-state index contributed by atoms with van der Waals surface area (Å²) in [7, 11) is 0. The molecule has 2 N–H and O–H groups in total. The molecule has 1 rings (SSSR count). The predicted molar refractivity (Wildman–Crippen MR) is 57.8 cm³/mol. The SMILES string of the molecule is CCC(N)(CC)c1ccc(F)c(C(F)(F)F)c1. The summed E-state index contributed by atoms with van der Waals surface area (Å²) in [4.78, 5) is 0. The van der Waals surface area contributed by atoms with E-state index >= 15 is 0 Å². The van der Waals surface area contributed by atoms with Gasteiger partial charge in [0, 0.05) is 5.54 Å². The van der Waals surface area contributed by atoms with Crippen molar-refractivity contribution >= 4 is 0 Å². The van der Waals surface area contributed by atoms with E-state index in [1.165, 1.54) is 6.07 Å². The highest BCUT2D eigenvalue weighted by atomic mass is 19.4. The van der Waals surface area contributed by atoms with Crippen molar-refractivity contribution in [2.75, 3.05) is 0 Å². The molecule has 0 atom stereocenters. The fourth-order valence-electron chi connectivity index (χ4n) is 1.71. The second-order valence-corrected chi connectivity index (χ2v) is 4.06. The summed E-state index contributed by atoms with van der Waals surface area (Å²) >= 11 is 0. The summed E-state index contributed by atoms with van der Waals surface area (Å²) < 4.78 is 50.7. The Kier molecular flexibility index (Phi) is 3.81. The molecule has 1 aromatic carbocycles. The van der Waals surface area contributed by atoms with Gasteiger partial charge in [-0.3, -0.25) is 0 Å². The highest BCUT2D eigenvalue weighted by molar-refractivity contribution is 5.32. The second kappa shape index (κ2) is 4.64. The number of nitrogens with two attached hydrogens (primary N) is 1. The number of alkyl halides is 3. The summed E-state index contributed by atoms with van der Waals surface area (Å²) in [5.74, 6) is -1.27. The van der Waals surface area contributed by atoms with Gasteiger partial charge in [0.15, 0.2) is 0 Å². The molecule has 1 aromatic rings. The standard InChI is InChI=1S/C12H15F4N/c1-3-11(17,4-2)8-5-6-10(13)9(7-8)12(14,15)16/h5-7H,3-4,17H2,1-2H3. The molecular weight excluding hydrogens is 234 g/mol. The number of halogens is 4. The Bertz CT molecular complexity index is 394. The highest BCUT2D eigenvalue weighted by Gasteiger charge is 2.35. The summed E-state index contributed by atoms with van der Waals surface area (Å²) in [6.07, 6.45) is -3.71. The third kappa shape index (κ3) is 2.77. The van der Waals surface area contributed by atoms with E-state index in [1.54, 1.807) is 13.8 Å². The monoisotopic (exact) mass is 249 g/mol. The van der Waals surface area contributed by atoms with Gasteiger partial charge in [-0.25, -0.2) is 4.39 Å². The van der Waals surface area contributed by atoms with Crippen LogP contribution in [0, 0.1) is 5.82 Å². The van der Waals surface area contributed by atoms with Crippen molar-refractivity contribution in [3.63, 3.8) is 0 Å². The Morgan fingerprint density at radius 2 is 1.65 bits per heavy atom. The van der Waals surface area contributed by atoms with Gasteiger partial charge in [-0.05, 0) is 30.5 Å². The molecule has 0 aromatic heterocycles. The Balaban J connectivity index is 3.31. The molecule has 0 saturated carbocycles. The van der Waals surface area contributed by atoms with E-state index in [4.69, 9.17) is 5.73 Å². The summed E-state index contributed by atoms with van der Waals surface area (Å²) in [6, 6.07) is 2.95. The molecule has 0 radical (unpaired) electrons. The van der Waals surface area contributed by atoms with E-state index in [0.717, 1.165) is 12.1 Å². The van der Waals surface area contributed by atoms with E-state index in [2.05, 4.69) is 0 Å². The lowest BCUT2D eigenvalue weighted by molar-refractivity contribution is -0.140. The van der Waals surface area contributed by atoms with Gasteiger partial charge in [-0.2, -0.15) is 13.2 Å². The molecule has 5 heteroatoms. The lowest BCUT2D eigenvalue weighted by Gasteiger charge is -2.28. The van der Waals surface area contributed by atoms with Gasteiger partial charge in [-0.1, -0.05) is 19.9 Å². The van der Waals surface area contributed by atoms with Crippen molar-refractivity contribution in [2.45, 2.75) is 38.4 Å². The molecule has 0 spiro atoms. The maximum Gasteiger partial charge on any atom is 0.419 e. The zero-order valence-corrected chi connectivity index (χ0v) is 9.74. The van der Waals surface area contributed by atoms with E-state index < -0.39 is 23.1 Å². The van der Waals surface area contributed by atoms with E-state index in [0.29, 0.717) is 18.4 Å². The topological polar surface area (TPSA) is 26.0 Å². The van der Waals surface area contributed by atoms with Gasteiger partial charge in [0.2, 0.25) is 0 Å². The third-order valence-corrected chi connectivity index (χ3v) is 3.11. The van der Waals surface area contributed by atoms with Crippen LogP contribution in [0.2, 0.25) is 0 Å². The van der Waals surface area contributed by atoms with Crippen molar-refractivity contribution in [1.29, 1.82) is 0 Å². The lowest BCUT2D eigenvalue weighted by Crippen LogP contribution is -2.35. The fourth-order valence-corrected chi connectivity index (χ4v) is 1.71. The van der Waals surface area contributed by atoms with Crippen LogP contribution in [-0.2, 0) is 11.7 Å². The van der Waals surface area contributed by atoms with Gasteiger partial charge in [0.25, 0.3) is 0 Å². The minimum absolute atomic E-state index is 0.316. The number of rotatable bonds is 3. The Morgan fingerprint density at radius 1 is 1.12 bits per heavy atom. The highest BCUT2D eigenvalue weighted by Crippen LogP contribution is 2.35. The largest absolute Gasteiger partial charge is 0.419 e. The second-order valence-electron chi connectivity index (χ2n) is 4.06. The zero-order valence-electron chi connectivity index (χ0n) is 9.74. The van der Waals surface area contributed by atoms with E-state index in [-0.39, 0.29) is 0 Å². The molecule has 1 nitrogen and oxygen atoms in total. The van der Waals surface area contributed by atoms with Crippen LogP contribution in [0.3, 0.4) is 0 Å². The molecular formula is C12H15F4N. The van der Waals surface area contributed by atoms with Gasteiger partial charge < -0.3 is 5.73 Å². The molecule has 0 bridgehead atoms. The van der Waals surface area contributed by atoms with E-state index in [1.807, 2.05) is 0 Å². The maximum atomic E-state index is 13.1. The fraction of sp³-hybridized carbons (Fsp3) is 0.500. The predicted octanol–water partition coefficient (Wildman–Crippen LogP) is 3.82. The molecule has 0 fully saturated rings. The summed E-state index contributed by atoms with van der Waals surface area (Å²) in [5, 5.41) is 0.